The fourth-order valence-corrected chi connectivity index (χ4v) is 5.37. The van der Waals surface area contributed by atoms with Gasteiger partial charge in [-0.3, -0.25) is 0 Å². The highest BCUT2D eigenvalue weighted by molar-refractivity contribution is 7.89. The van der Waals surface area contributed by atoms with Crippen LogP contribution in [-0.4, -0.2) is 37.1 Å². The zero-order chi connectivity index (χ0) is 13.6. The molecule has 0 aromatic rings. The average Bonchev–Trinajstić information content (AvgIpc) is 2.73. The van der Waals surface area contributed by atoms with Crippen molar-refractivity contribution >= 4 is 10.0 Å². The quantitative estimate of drug-likeness (QED) is 0.846. The van der Waals surface area contributed by atoms with Gasteiger partial charge in [-0.2, -0.15) is 4.31 Å². The minimum atomic E-state index is -3.15. The molecule has 3 unspecified atom stereocenters. The fraction of sp³-hybridized carbons (Fsp3) is 1.00. The molecule has 1 aliphatic heterocycles. The van der Waals surface area contributed by atoms with Crippen LogP contribution in [0.25, 0.3) is 0 Å². The maximum absolute atomic E-state index is 12.4. The SMILES string of the molecule is CC(C)(C)CC(N)CS(=O)(=O)N1CC2CCC1C2. The lowest BCUT2D eigenvalue weighted by atomic mass is 9.89. The number of piperidine rings is 1. The van der Waals surface area contributed by atoms with Crippen molar-refractivity contribution in [3.8, 4) is 0 Å². The first kappa shape index (κ1) is 14.3. The highest BCUT2D eigenvalue weighted by Crippen LogP contribution is 2.39. The van der Waals surface area contributed by atoms with E-state index in [1.165, 1.54) is 6.42 Å². The molecule has 2 aliphatic rings. The molecule has 2 bridgehead atoms. The summed E-state index contributed by atoms with van der Waals surface area (Å²) in [5.74, 6) is 0.705. The molecule has 1 heterocycles. The van der Waals surface area contributed by atoms with Crippen molar-refractivity contribution in [1.29, 1.82) is 0 Å². The highest BCUT2D eigenvalue weighted by Gasteiger charge is 2.44. The molecule has 0 spiro atoms. The van der Waals surface area contributed by atoms with E-state index in [0.29, 0.717) is 5.92 Å². The Morgan fingerprint density at radius 1 is 1.33 bits per heavy atom. The van der Waals surface area contributed by atoms with Gasteiger partial charge in [0, 0.05) is 18.6 Å². The van der Waals surface area contributed by atoms with Gasteiger partial charge in [-0.25, -0.2) is 8.42 Å². The van der Waals surface area contributed by atoms with Gasteiger partial charge in [-0.05, 0) is 37.0 Å². The van der Waals surface area contributed by atoms with E-state index in [1.54, 1.807) is 4.31 Å². The molecule has 2 N–H and O–H groups in total. The van der Waals surface area contributed by atoms with Gasteiger partial charge < -0.3 is 5.73 Å². The Hall–Kier alpha value is -0.130. The molecule has 4 nitrogen and oxygen atoms in total. The van der Waals surface area contributed by atoms with E-state index < -0.39 is 10.0 Å². The Bertz CT molecular complexity index is 400. The standard InChI is InChI=1S/C13H26N2O2S/c1-13(2,3)7-11(14)9-18(16,17)15-8-10-4-5-12(15)6-10/h10-12H,4-9,14H2,1-3H3. The second kappa shape index (κ2) is 4.76. The van der Waals surface area contributed by atoms with Crippen LogP contribution in [0.3, 0.4) is 0 Å². The van der Waals surface area contributed by atoms with E-state index in [4.69, 9.17) is 5.73 Å². The van der Waals surface area contributed by atoms with E-state index in [0.717, 1.165) is 25.8 Å². The van der Waals surface area contributed by atoms with Crippen LogP contribution in [0.2, 0.25) is 0 Å². The van der Waals surface area contributed by atoms with Crippen molar-refractivity contribution < 1.29 is 8.42 Å². The molecule has 2 rings (SSSR count). The minimum absolute atomic E-state index is 0.0823. The molecule has 0 radical (unpaired) electrons. The monoisotopic (exact) mass is 274 g/mol. The van der Waals surface area contributed by atoms with Crippen LogP contribution < -0.4 is 5.73 Å². The van der Waals surface area contributed by atoms with Crippen LogP contribution in [-0.2, 0) is 10.0 Å². The van der Waals surface area contributed by atoms with E-state index in [9.17, 15) is 8.42 Å². The van der Waals surface area contributed by atoms with Gasteiger partial charge in [0.25, 0.3) is 0 Å². The Kier molecular flexibility index (Phi) is 3.78. The largest absolute Gasteiger partial charge is 0.327 e. The van der Waals surface area contributed by atoms with Crippen molar-refractivity contribution in [3.63, 3.8) is 0 Å². The van der Waals surface area contributed by atoms with Gasteiger partial charge in [-0.1, -0.05) is 20.8 Å². The van der Waals surface area contributed by atoms with E-state index in [2.05, 4.69) is 20.8 Å². The van der Waals surface area contributed by atoms with Gasteiger partial charge >= 0.3 is 0 Å². The zero-order valence-electron chi connectivity index (χ0n) is 11.7. The fourth-order valence-electron chi connectivity index (χ4n) is 3.43. The van der Waals surface area contributed by atoms with Gasteiger partial charge in [-0.15, -0.1) is 0 Å². The molecule has 0 aromatic carbocycles. The average molecular weight is 274 g/mol. The summed E-state index contributed by atoms with van der Waals surface area (Å²) in [5, 5.41) is 0. The van der Waals surface area contributed by atoms with Crippen molar-refractivity contribution in [3.05, 3.63) is 0 Å². The summed E-state index contributed by atoms with van der Waals surface area (Å²) in [7, 11) is -3.15. The number of nitrogens with zero attached hydrogens (tertiary/aromatic N) is 1. The Labute approximate surface area is 111 Å². The maximum atomic E-state index is 12.4. The van der Waals surface area contributed by atoms with Crippen LogP contribution >= 0.6 is 0 Å². The van der Waals surface area contributed by atoms with Gasteiger partial charge in [0.15, 0.2) is 0 Å². The number of rotatable bonds is 4. The molecule has 3 atom stereocenters. The first-order valence-electron chi connectivity index (χ1n) is 6.92. The molecule has 0 aromatic heterocycles. The Morgan fingerprint density at radius 3 is 2.44 bits per heavy atom. The van der Waals surface area contributed by atoms with E-state index in [1.807, 2.05) is 0 Å². The van der Waals surface area contributed by atoms with Crippen molar-refractivity contribution in [2.75, 3.05) is 12.3 Å². The third-order valence-corrected chi connectivity index (χ3v) is 6.03. The molecule has 2 fully saturated rings. The summed E-state index contributed by atoms with van der Waals surface area (Å²) in [6.07, 6.45) is 4.05. The highest BCUT2D eigenvalue weighted by atomic mass is 32.2. The van der Waals surface area contributed by atoms with E-state index >= 15 is 0 Å². The number of fused-ring (bicyclic) bond motifs is 2. The first-order chi connectivity index (χ1) is 8.17. The topological polar surface area (TPSA) is 63.4 Å². The van der Waals surface area contributed by atoms with E-state index in [-0.39, 0.29) is 23.3 Å². The van der Waals surface area contributed by atoms with Crippen LogP contribution in [0.4, 0.5) is 0 Å². The number of hydrogen-bond donors (Lipinski definition) is 1. The maximum Gasteiger partial charge on any atom is 0.215 e. The summed E-state index contributed by atoms with van der Waals surface area (Å²) in [4.78, 5) is 0. The molecule has 18 heavy (non-hydrogen) atoms. The van der Waals surface area contributed by atoms with Crippen LogP contribution in [0.15, 0.2) is 0 Å². The second-order valence-electron chi connectivity index (χ2n) is 7.21. The number of nitrogens with two attached hydrogens (primary N) is 1. The van der Waals surface area contributed by atoms with Gasteiger partial charge in [0.1, 0.15) is 0 Å². The third kappa shape index (κ3) is 3.25. The molecular weight excluding hydrogens is 248 g/mol. The minimum Gasteiger partial charge on any atom is -0.327 e. The predicted octanol–water partition coefficient (Wildman–Crippen LogP) is 1.56. The molecule has 1 saturated heterocycles. The normalized spacial score (nSPS) is 30.9. The molecular formula is C13H26N2O2S. The third-order valence-electron chi connectivity index (χ3n) is 4.02. The van der Waals surface area contributed by atoms with Crippen molar-refractivity contribution in [2.45, 2.75) is 58.5 Å². The number of sulfonamides is 1. The molecule has 0 amide bonds. The lowest BCUT2D eigenvalue weighted by Crippen LogP contribution is -2.44. The molecule has 106 valence electrons. The summed E-state index contributed by atoms with van der Waals surface area (Å²) >= 11 is 0. The summed E-state index contributed by atoms with van der Waals surface area (Å²) < 4.78 is 26.5. The summed E-state index contributed by atoms with van der Waals surface area (Å²) in [6.45, 7) is 7.02. The van der Waals surface area contributed by atoms with Crippen LogP contribution in [0, 0.1) is 11.3 Å². The number of hydrogen-bond acceptors (Lipinski definition) is 3. The summed E-state index contributed by atoms with van der Waals surface area (Å²) in [6, 6.07) is 0.0102. The van der Waals surface area contributed by atoms with Crippen LogP contribution in [0.1, 0.15) is 46.5 Å². The van der Waals surface area contributed by atoms with Gasteiger partial charge in [0.2, 0.25) is 10.0 Å². The second-order valence-corrected chi connectivity index (χ2v) is 9.17. The van der Waals surface area contributed by atoms with Gasteiger partial charge in [0.05, 0.1) is 5.75 Å². The predicted molar refractivity (Wildman–Crippen MR) is 73.7 cm³/mol. The van der Waals surface area contributed by atoms with Crippen LogP contribution in [0.5, 0.6) is 0 Å². The first-order valence-corrected chi connectivity index (χ1v) is 8.53. The lowest BCUT2D eigenvalue weighted by molar-refractivity contribution is 0.323. The smallest absolute Gasteiger partial charge is 0.215 e. The summed E-state index contributed by atoms with van der Waals surface area (Å²) in [5.41, 5.74) is 6.09. The van der Waals surface area contributed by atoms with Crippen molar-refractivity contribution in [2.24, 2.45) is 17.1 Å². The molecule has 1 aliphatic carbocycles. The molecule has 5 heteroatoms. The molecule has 1 saturated carbocycles. The lowest BCUT2D eigenvalue weighted by Gasteiger charge is -2.29. The Balaban J connectivity index is 1.95. The van der Waals surface area contributed by atoms with Crippen molar-refractivity contribution in [1.82, 2.24) is 4.31 Å². The zero-order valence-corrected chi connectivity index (χ0v) is 12.5. The Morgan fingerprint density at radius 2 is 2.00 bits per heavy atom.